The van der Waals surface area contributed by atoms with Crippen LogP contribution in [0.2, 0.25) is 0 Å². The third-order valence-electron chi connectivity index (χ3n) is 3.20. The molecule has 0 radical (unpaired) electrons. The maximum atomic E-state index is 13.1. The van der Waals surface area contributed by atoms with Gasteiger partial charge in [0, 0.05) is 10.5 Å². The van der Waals surface area contributed by atoms with Crippen molar-refractivity contribution in [1.82, 2.24) is 0 Å². The molecule has 0 unspecified atom stereocenters. The van der Waals surface area contributed by atoms with Crippen LogP contribution in [0.15, 0.2) is 22.7 Å². The normalized spacial score (nSPS) is 24.9. The molecule has 1 aliphatic carbocycles. The van der Waals surface area contributed by atoms with Gasteiger partial charge in [-0.3, -0.25) is 0 Å². The summed E-state index contributed by atoms with van der Waals surface area (Å²) < 4.78 is 19.8. The third-order valence-corrected chi connectivity index (χ3v) is 3.97. The van der Waals surface area contributed by atoms with E-state index in [2.05, 4.69) is 15.9 Å². The molecule has 0 aliphatic heterocycles. The van der Waals surface area contributed by atoms with Crippen molar-refractivity contribution in [3.8, 4) is 0 Å². The van der Waals surface area contributed by atoms with Gasteiger partial charge in [-0.2, -0.15) is 0 Å². The maximum Gasteiger partial charge on any atom is 0.123 e. The predicted molar refractivity (Wildman–Crippen MR) is 69.1 cm³/mol. The Kier molecular flexibility index (Phi) is 4.54. The Morgan fingerprint density at radius 2 is 2.00 bits per heavy atom. The van der Waals surface area contributed by atoms with E-state index in [-0.39, 0.29) is 11.9 Å². The van der Waals surface area contributed by atoms with Crippen LogP contribution in [0.25, 0.3) is 0 Å². The summed E-state index contributed by atoms with van der Waals surface area (Å²) in [6.07, 6.45) is 4.33. The molecule has 94 valence electrons. The van der Waals surface area contributed by atoms with Crippen molar-refractivity contribution >= 4 is 15.9 Å². The van der Waals surface area contributed by atoms with Crippen molar-refractivity contribution in [2.45, 2.75) is 44.4 Å². The molecule has 1 saturated carbocycles. The highest BCUT2D eigenvalue weighted by molar-refractivity contribution is 9.10. The molecule has 0 atom stereocenters. The summed E-state index contributed by atoms with van der Waals surface area (Å²) in [5, 5.41) is 0. The first kappa shape index (κ1) is 13.0. The molecule has 2 nitrogen and oxygen atoms in total. The first-order valence-corrected chi connectivity index (χ1v) is 6.75. The highest BCUT2D eigenvalue weighted by Gasteiger charge is 2.19. The fourth-order valence-corrected chi connectivity index (χ4v) is 2.48. The van der Waals surface area contributed by atoms with Crippen molar-refractivity contribution in [2.75, 3.05) is 0 Å². The van der Waals surface area contributed by atoms with E-state index in [4.69, 9.17) is 10.5 Å². The van der Waals surface area contributed by atoms with Crippen LogP contribution in [0.5, 0.6) is 0 Å². The maximum absolute atomic E-state index is 13.1. The summed E-state index contributed by atoms with van der Waals surface area (Å²) in [5.74, 6) is -0.225. The van der Waals surface area contributed by atoms with Crippen LogP contribution in [0.1, 0.15) is 31.2 Å². The zero-order chi connectivity index (χ0) is 12.3. The van der Waals surface area contributed by atoms with Crippen LogP contribution in [0, 0.1) is 5.82 Å². The lowest BCUT2D eigenvalue weighted by atomic mass is 9.94. The number of halogens is 2. The quantitative estimate of drug-likeness (QED) is 0.929. The summed E-state index contributed by atoms with van der Waals surface area (Å²) in [6, 6.07) is 4.99. The van der Waals surface area contributed by atoms with Gasteiger partial charge in [-0.1, -0.05) is 15.9 Å². The zero-order valence-corrected chi connectivity index (χ0v) is 11.2. The zero-order valence-electron chi connectivity index (χ0n) is 9.66. The molecule has 1 aromatic carbocycles. The highest BCUT2D eigenvalue weighted by Crippen LogP contribution is 2.23. The Bertz CT molecular complexity index is 378. The second kappa shape index (κ2) is 5.94. The van der Waals surface area contributed by atoms with E-state index >= 15 is 0 Å². The molecular weight excluding hydrogens is 285 g/mol. The van der Waals surface area contributed by atoms with E-state index in [1.807, 2.05) is 0 Å². The second-order valence-corrected chi connectivity index (χ2v) is 5.44. The minimum atomic E-state index is -0.225. The molecule has 17 heavy (non-hydrogen) atoms. The van der Waals surface area contributed by atoms with E-state index in [0.717, 1.165) is 35.7 Å². The first-order chi connectivity index (χ1) is 8.15. The van der Waals surface area contributed by atoms with Gasteiger partial charge in [0.05, 0.1) is 12.7 Å². The topological polar surface area (TPSA) is 35.2 Å². The Balaban J connectivity index is 1.87. The summed E-state index contributed by atoms with van der Waals surface area (Å²) in [5.41, 5.74) is 6.70. The van der Waals surface area contributed by atoms with E-state index in [1.54, 1.807) is 6.07 Å². The molecule has 0 heterocycles. The summed E-state index contributed by atoms with van der Waals surface area (Å²) >= 11 is 3.40. The lowest BCUT2D eigenvalue weighted by Crippen LogP contribution is -2.30. The van der Waals surface area contributed by atoms with Crippen LogP contribution in [-0.2, 0) is 11.3 Å². The van der Waals surface area contributed by atoms with Gasteiger partial charge in [0.1, 0.15) is 5.82 Å². The number of hydrogen-bond donors (Lipinski definition) is 1. The fourth-order valence-electron chi connectivity index (χ4n) is 2.12. The van der Waals surface area contributed by atoms with Crippen LogP contribution in [0.4, 0.5) is 4.39 Å². The van der Waals surface area contributed by atoms with Crippen LogP contribution in [0.3, 0.4) is 0 Å². The SMILES string of the molecule is NC1CCC(OCc2cc(F)ccc2Br)CC1. The van der Waals surface area contributed by atoms with Crippen molar-refractivity contribution in [3.05, 3.63) is 34.1 Å². The van der Waals surface area contributed by atoms with Gasteiger partial charge in [0.25, 0.3) is 0 Å². The van der Waals surface area contributed by atoms with E-state index in [0.29, 0.717) is 12.6 Å². The number of benzene rings is 1. The van der Waals surface area contributed by atoms with Crippen molar-refractivity contribution in [1.29, 1.82) is 0 Å². The van der Waals surface area contributed by atoms with Gasteiger partial charge in [-0.25, -0.2) is 4.39 Å². The van der Waals surface area contributed by atoms with Crippen molar-refractivity contribution in [2.24, 2.45) is 5.73 Å². The van der Waals surface area contributed by atoms with Crippen molar-refractivity contribution < 1.29 is 9.13 Å². The smallest absolute Gasteiger partial charge is 0.123 e. The summed E-state index contributed by atoms with van der Waals surface area (Å²) in [7, 11) is 0. The van der Waals surface area contributed by atoms with Gasteiger partial charge >= 0.3 is 0 Å². The molecule has 0 aromatic heterocycles. The highest BCUT2D eigenvalue weighted by atomic mass is 79.9. The summed E-state index contributed by atoms with van der Waals surface area (Å²) in [4.78, 5) is 0. The molecule has 0 spiro atoms. The third kappa shape index (κ3) is 3.76. The Labute approximate surface area is 109 Å². The number of rotatable bonds is 3. The second-order valence-electron chi connectivity index (χ2n) is 4.58. The lowest BCUT2D eigenvalue weighted by molar-refractivity contribution is 0.0134. The Morgan fingerprint density at radius 1 is 1.29 bits per heavy atom. The number of nitrogens with two attached hydrogens (primary N) is 1. The van der Waals surface area contributed by atoms with Crippen LogP contribution in [-0.4, -0.2) is 12.1 Å². The number of ether oxygens (including phenoxy) is 1. The molecule has 0 saturated heterocycles. The minimum absolute atomic E-state index is 0.225. The molecule has 0 bridgehead atoms. The van der Waals surface area contributed by atoms with Gasteiger partial charge in [0.15, 0.2) is 0 Å². The molecule has 1 fully saturated rings. The molecular formula is C13H17BrFNO. The van der Waals surface area contributed by atoms with Gasteiger partial charge in [-0.15, -0.1) is 0 Å². The lowest BCUT2D eigenvalue weighted by Gasteiger charge is -2.26. The van der Waals surface area contributed by atoms with Crippen LogP contribution >= 0.6 is 15.9 Å². The van der Waals surface area contributed by atoms with E-state index in [1.165, 1.54) is 12.1 Å². The standard InChI is InChI=1S/C13H17BrFNO/c14-13-6-1-10(15)7-9(13)8-17-12-4-2-11(16)3-5-12/h1,6-7,11-12H,2-5,8,16H2. The van der Waals surface area contributed by atoms with Gasteiger partial charge in [-0.05, 0) is 49.4 Å². The number of hydrogen-bond acceptors (Lipinski definition) is 2. The molecule has 2 N–H and O–H groups in total. The largest absolute Gasteiger partial charge is 0.373 e. The average molecular weight is 302 g/mol. The van der Waals surface area contributed by atoms with Crippen LogP contribution < -0.4 is 5.73 Å². The first-order valence-electron chi connectivity index (χ1n) is 5.96. The molecule has 0 amide bonds. The Morgan fingerprint density at radius 3 is 2.71 bits per heavy atom. The summed E-state index contributed by atoms with van der Waals surface area (Å²) in [6.45, 7) is 0.457. The van der Waals surface area contributed by atoms with Gasteiger partial charge in [0.2, 0.25) is 0 Å². The fraction of sp³-hybridized carbons (Fsp3) is 0.538. The molecule has 4 heteroatoms. The van der Waals surface area contributed by atoms with E-state index < -0.39 is 0 Å². The average Bonchev–Trinajstić information content (AvgIpc) is 2.32. The molecule has 2 rings (SSSR count). The van der Waals surface area contributed by atoms with E-state index in [9.17, 15) is 4.39 Å². The van der Waals surface area contributed by atoms with Crippen molar-refractivity contribution in [3.63, 3.8) is 0 Å². The molecule has 1 aliphatic rings. The van der Waals surface area contributed by atoms with Gasteiger partial charge < -0.3 is 10.5 Å². The predicted octanol–water partition coefficient (Wildman–Crippen LogP) is 3.37. The monoisotopic (exact) mass is 301 g/mol. The Hall–Kier alpha value is -0.450. The minimum Gasteiger partial charge on any atom is -0.373 e. The molecule has 1 aromatic rings.